The van der Waals surface area contributed by atoms with Gasteiger partial charge in [0, 0.05) is 17.5 Å². The lowest BCUT2D eigenvalue weighted by atomic mass is 9.93. The fourth-order valence-electron chi connectivity index (χ4n) is 2.52. The van der Waals surface area contributed by atoms with Crippen molar-refractivity contribution in [3.8, 4) is 11.5 Å². The normalized spacial score (nSPS) is 21.2. The third-order valence-electron chi connectivity index (χ3n) is 3.55. The number of ether oxygens (including phenoxy) is 2. The average molecular weight is 240 g/mol. The van der Waals surface area contributed by atoms with Crippen molar-refractivity contribution >= 4 is 0 Å². The highest BCUT2D eigenvalue weighted by atomic mass is 16.5. The molecule has 2 atom stereocenters. The van der Waals surface area contributed by atoms with Crippen LogP contribution in [-0.2, 0) is 0 Å². The Balaban J connectivity index is 1.96. The van der Waals surface area contributed by atoms with Crippen molar-refractivity contribution in [2.45, 2.75) is 18.9 Å². The molecule has 1 aliphatic rings. The second kappa shape index (κ2) is 4.37. The zero-order valence-electron chi connectivity index (χ0n) is 10.6. The van der Waals surface area contributed by atoms with Crippen molar-refractivity contribution in [3.05, 3.63) is 59.7 Å². The quantitative estimate of drug-likeness (QED) is 0.791. The van der Waals surface area contributed by atoms with E-state index in [-0.39, 0.29) is 6.10 Å². The molecule has 0 aliphatic carbocycles. The van der Waals surface area contributed by atoms with Crippen LogP contribution in [0.25, 0.3) is 0 Å². The van der Waals surface area contributed by atoms with Gasteiger partial charge in [-0.3, -0.25) is 0 Å². The summed E-state index contributed by atoms with van der Waals surface area (Å²) in [5, 5.41) is 0. The molecular formula is C16H16O2. The highest BCUT2D eigenvalue weighted by molar-refractivity contribution is 5.47. The van der Waals surface area contributed by atoms with Crippen LogP contribution < -0.4 is 9.47 Å². The van der Waals surface area contributed by atoms with Crippen molar-refractivity contribution in [3.63, 3.8) is 0 Å². The summed E-state index contributed by atoms with van der Waals surface area (Å²) in [4.78, 5) is 0. The van der Waals surface area contributed by atoms with Crippen molar-refractivity contribution in [2.75, 3.05) is 7.11 Å². The second-order valence-electron chi connectivity index (χ2n) is 4.64. The lowest BCUT2D eigenvalue weighted by molar-refractivity contribution is 0.215. The molecular weight excluding hydrogens is 224 g/mol. The third kappa shape index (κ3) is 1.74. The van der Waals surface area contributed by atoms with E-state index in [1.165, 1.54) is 11.1 Å². The number of hydrogen-bond acceptors (Lipinski definition) is 2. The average Bonchev–Trinajstić information content (AvgIpc) is 2.76. The van der Waals surface area contributed by atoms with Crippen LogP contribution in [-0.4, -0.2) is 7.11 Å². The topological polar surface area (TPSA) is 18.5 Å². The molecule has 1 heterocycles. The molecule has 1 unspecified atom stereocenters. The van der Waals surface area contributed by atoms with Crippen LogP contribution in [0.3, 0.4) is 0 Å². The number of methoxy groups -OCH3 is 1. The molecule has 2 nitrogen and oxygen atoms in total. The molecule has 2 aromatic rings. The molecule has 0 aromatic heterocycles. The number of benzene rings is 2. The van der Waals surface area contributed by atoms with E-state index < -0.39 is 0 Å². The maximum atomic E-state index is 6.07. The molecule has 18 heavy (non-hydrogen) atoms. The highest BCUT2D eigenvalue weighted by Crippen LogP contribution is 2.46. The van der Waals surface area contributed by atoms with Crippen molar-refractivity contribution in [1.29, 1.82) is 0 Å². The van der Waals surface area contributed by atoms with E-state index in [2.05, 4.69) is 37.3 Å². The van der Waals surface area contributed by atoms with E-state index in [9.17, 15) is 0 Å². The summed E-state index contributed by atoms with van der Waals surface area (Å²) in [6.07, 6.45) is 0.105. The monoisotopic (exact) mass is 240 g/mol. The second-order valence-corrected chi connectivity index (χ2v) is 4.64. The third-order valence-corrected chi connectivity index (χ3v) is 3.55. The van der Waals surface area contributed by atoms with Gasteiger partial charge >= 0.3 is 0 Å². The summed E-state index contributed by atoms with van der Waals surface area (Å²) in [5.41, 5.74) is 2.48. The Bertz CT molecular complexity index is 548. The van der Waals surface area contributed by atoms with Gasteiger partial charge in [0.15, 0.2) is 0 Å². The summed E-state index contributed by atoms with van der Waals surface area (Å²) in [7, 11) is 1.68. The maximum Gasteiger partial charge on any atom is 0.130 e. The summed E-state index contributed by atoms with van der Waals surface area (Å²) in [6.45, 7) is 2.20. The van der Waals surface area contributed by atoms with Crippen molar-refractivity contribution in [2.24, 2.45) is 0 Å². The molecule has 2 heteroatoms. The fraction of sp³-hybridized carbons (Fsp3) is 0.250. The summed E-state index contributed by atoms with van der Waals surface area (Å²) in [6, 6.07) is 16.4. The first-order valence-electron chi connectivity index (χ1n) is 6.19. The van der Waals surface area contributed by atoms with Crippen molar-refractivity contribution < 1.29 is 9.47 Å². The predicted octanol–water partition coefficient (Wildman–Crippen LogP) is 3.93. The van der Waals surface area contributed by atoms with Crippen LogP contribution >= 0.6 is 0 Å². The zero-order valence-corrected chi connectivity index (χ0v) is 10.6. The van der Waals surface area contributed by atoms with E-state index in [4.69, 9.17) is 9.47 Å². The Morgan fingerprint density at radius 2 is 1.83 bits per heavy atom. The molecule has 0 bridgehead atoms. The first-order valence-corrected chi connectivity index (χ1v) is 6.19. The van der Waals surface area contributed by atoms with E-state index in [1.807, 2.05) is 18.2 Å². The van der Waals surface area contributed by atoms with Crippen LogP contribution in [0.2, 0.25) is 0 Å². The van der Waals surface area contributed by atoms with Crippen LogP contribution in [0, 0.1) is 0 Å². The van der Waals surface area contributed by atoms with Gasteiger partial charge in [0.1, 0.15) is 17.6 Å². The molecule has 0 fully saturated rings. The molecule has 2 aromatic carbocycles. The minimum absolute atomic E-state index is 0.105. The van der Waals surface area contributed by atoms with Crippen LogP contribution in [0.15, 0.2) is 48.5 Å². The van der Waals surface area contributed by atoms with E-state index in [0.717, 1.165) is 11.5 Å². The Hall–Kier alpha value is -1.96. The molecule has 3 rings (SSSR count). The largest absolute Gasteiger partial charge is 0.497 e. The number of rotatable bonds is 2. The Kier molecular flexibility index (Phi) is 2.71. The Morgan fingerprint density at radius 3 is 2.56 bits per heavy atom. The predicted molar refractivity (Wildman–Crippen MR) is 71.2 cm³/mol. The van der Waals surface area contributed by atoms with E-state index in [0.29, 0.717) is 5.92 Å². The molecule has 0 saturated carbocycles. The number of fused-ring (bicyclic) bond motifs is 1. The molecule has 0 N–H and O–H groups in total. The van der Waals surface area contributed by atoms with E-state index >= 15 is 0 Å². The molecule has 0 amide bonds. The van der Waals surface area contributed by atoms with Gasteiger partial charge < -0.3 is 9.47 Å². The van der Waals surface area contributed by atoms with Gasteiger partial charge in [-0.1, -0.05) is 43.3 Å². The SMILES string of the molecule is COc1ccc2c(c1)O[C@H](c1ccccc1)C2C. The van der Waals surface area contributed by atoms with Crippen LogP contribution in [0.5, 0.6) is 11.5 Å². The summed E-state index contributed by atoms with van der Waals surface area (Å²) < 4.78 is 11.3. The summed E-state index contributed by atoms with van der Waals surface area (Å²) >= 11 is 0. The highest BCUT2D eigenvalue weighted by Gasteiger charge is 2.32. The fourth-order valence-corrected chi connectivity index (χ4v) is 2.52. The molecule has 92 valence electrons. The Labute approximate surface area is 107 Å². The molecule has 1 aliphatic heterocycles. The van der Waals surface area contributed by atoms with Gasteiger partial charge in [0.2, 0.25) is 0 Å². The van der Waals surface area contributed by atoms with Gasteiger partial charge in [-0.05, 0) is 11.6 Å². The first-order chi connectivity index (χ1) is 8.79. The van der Waals surface area contributed by atoms with Crippen molar-refractivity contribution in [1.82, 2.24) is 0 Å². The smallest absolute Gasteiger partial charge is 0.130 e. The van der Waals surface area contributed by atoms with E-state index in [1.54, 1.807) is 7.11 Å². The van der Waals surface area contributed by atoms with Gasteiger partial charge in [-0.15, -0.1) is 0 Å². The Morgan fingerprint density at radius 1 is 1.06 bits per heavy atom. The molecule has 0 saturated heterocycles. The van der Waals surface area contributed by atoms with Gasteiger partial charge in [-0.2, -0.15) is 0 Å². The molecule has 0 spiro atoms. The van der Waals surface area contributed by atoms with Gasteiger partial charge in [-0.25, -0.2) is 0 Å². The van der Waals surface area contributed by atoms with Crippen LogP contribution in [0.1, 0.15) is 30.1 Å². The molecule has 0 radical (unpaired) electrons. The lowest BCUT2D eigenvalue weighted by Crippen LogP contribution is -2.06. The zero-order chi connectivity index (χ0) is 12.5. The minimum atomic E-state index is 0.105. The van der Waals surface area contributed by atoms with Gasteiger partial charge in [0.25, 0.3) is 0 Å². The lowest BCUT2D eigenvalue weighted by Gasteiger charge is -2.15. The first kappa shape index (κ1) is 11.1. The van der Waals surface area contributed by atoms with Crippen LogP contribution in [0.4, 0.5) is 0 Å². The van der Waals surface area contributed by atoms with Gasteiger partial charge in [0.05, 0.1) is 7.11 Å². The minimum Gasteiger partial charge on any atom is -0.497 e. The standard InChI is InChI=1S/C16H16O2/c1-11-14-9-8-13(17-2)10-15(14)18-16(11)12-6-4-3-5-7-12/h3-11,16H,1-2H3/t11?,16-/m0/s1. The number of hydrogen-bond donors (Lipinski definition) is 0. The maximum absolute atomic E-state index is 6.07. The summed E-state index contributed by atoms with van der Waals surface area (Å²) in [5.74, 6) is 2.15.